The smallest absolute Gasteiger partial charge is 0.244 e. The molecule has 0 radical (unpaired) electrons. The molecule has 114 valence electrons. The van der Waals surface area contributed by atoms with Crippen molar-refractivity contribution >= 4 is 10.0 Å². The van der Waals surface area contributed by atoms with Gasteiger partial charge in [-0.1, -0.05) is 13.3 Å². The minimum absolute atomic E-state index is 0.0303. The van der Waals surface area contributed by atoms with Crippen LogP contribution in [-0.2, 0) is 16.6 Å². The lowest BCUT2D eigenvalue weighted by atomic mass is 9.85. The molecule has 1 aliphatic rings. The zero-order valence-electron chi connectivity index (χ0n) is 12.1. The van der Waals surface area contributed by atoms with Crippen molar-refractivity contribution in [3.05, 3.63) is 11.4 Å². The van der Waals surface area contributed by atoms with E-state index in [1.807, 2.05) is 0 Å². The summed E-state index contributed by atoms with van der Waals surface area (Å²) in [6, 6.07) is 0.0303. The fourth-order valence-corrected chi connectivity index (χ4v) is 4.61. The third-order valence-corrected chi connectivity index (χ3v) is 5.89. The predicted octanol–water partition coefficient (Wildman–Crippen LogP) is 1.42. The molecule has 1 aromatic rings. The van der Waals surface area contributed by atoms with Crippen LogP contribution in [0.1, 0.15) is 50.4 Å². The van der Waals surface area contributed by atoms with Gasteiger partial charge in [0.2, 0.25) is 10.0 Å². The average Bonchev–Trinajstić information content (AvgIpc) is 2.81. The van der Waals surface area contributed by atoms with E-state index in [1.165, 1.54) is 6.42 Å². The Hall–Kier alpha value is -0.920. The Morgan fingerprint density at radius 2 is 2.00 bits per heavy atom. The van der Waals surface area contributed by atoms with Gasteiger partial charge in [0.05, 0.1) is 11.4 Å². The molecule has 0 amide bonds. The normalized spacial score (nSPS) is 23.9. The van der Waals surface area contributed by atoms with Gasteiger partial charge in [0.25, 0.3) is 0 Å². The molecule has 0 unspecified atom stereocenters. The first kappa shape index (κ1) is 15.5. The van der Waals surface area contributed by atoms with Gasteiger partial charge in [-0.25, -0.2) is 13.1 Å². The van der Waals surface area contributed by atoms with Crippen LogP contribution >= 0.6 is 0 Å². The summed E-state index contributed by atoms with van der Waals surface area (Å²) < 4.78 is 27.8. The van der Waals surface area contributed by atoms with Gasteiger partial charge in [0.1, 0.15) is 4.90 Å². The second kappa shape index (κ2) is 6.24. The number of hydrogen-bond acceptors (Lipinski definition) is 4. The highest BCUT2D eigenvalue weighted by atomic mass is 32.2. The van der Waals surface area contributed by atoms with Crippen molar-refractivity contribution in [3.63, 3.8) is 0 Å². The van der Waals surface area contributed by atoms with Gasteiger partial charge in [0.15, 0.2) is 0 Å². The van der Waals surface area contributed by atoms with E-state index in [0.717, 1.165) is 31.6 Å². The Labute approximate surface area is 120 Å². The van der Waals surface area contributed by atoms with Gasteiger partial charge < -0.3 is 5.73 Å². The molecule has 7 heteroatoms. The Bertz CT molecular complexity index is 545. The number of rotatable bonds is 5. The average molecular weight is 300 g/mol. The molecule has 0 bridgehead atoms. The van der Waals surface area contributed by atoms with Crippen LogP contribution in [0.25, 0.3) is 0 Å². The molecule has 1 heterocycles. The van der Waals surface area contributed by atoms with Crippen LogP contribution in [0, 0.1) is 12.8 Å². The van der Waals surface area contributed by atoms with Crippen LogP contribution in [0.15, 0.2) is 4.90 Å². The van der Waals surface area contributed by atoms with Gasteiger partial charge in [-0.2, -0.15) is 5.10 Å². The molecular formula is C13H24N4O2S. The highest BCUT2D eigenvalue weighted by molar-refractivity contribution is 7.89. The maximum absolute atomic E-state index is 12.5. The topological polar surface area (TPSA) is 101 Å². The summed E-state index contributed by atoms with van der Waals surface area (Å²) >= 11 is 0. The van der Waals surface area contributed by atoms with Crippen molar-refractivity contribution < 1.29 is 8.42 Å². The molecule has 6 nitrogen and oxygen atoms in total. The van der Waals surface area contributed by atoms with Crippen LogP contribution in [-0.4, -0.2) is 24.7 Å². The lowest BCUT2D eigenvalue weighted by molar-refractivity contribution is 0.306. The summed E-state index contributed by atoms with van der Waals surface area (Å²) in [6.07, 6.45) is 5.19. The lowest BCUT2D eigenvalue weighted by Gasteiger charge is -2.28. The molecule has 1 fully saturated rings. The van der Waals surface area contributed by atoms with E-state index < -0.39 is 10.0 Å². The van der Waals surface area contributed by atoms with E-state index in [9.17, 15) is 8.42 Å². The third-order valence-electron chi connectivity index (χ3n) is 4.17. The van der Waals surface area contributed by atoms with Crippen LogP contribution in [0.5, 0.6) is 0 Å². The standard InChI is InChI=1S/C13H24N4O2S/c1-3-10-4-6-11(7-5-10)17-20(18,19)13-9(2)15-16-12(13)8-14/h10-11,17H,3-8,14H2,1-2H3,(H,15,16). The summed E-state index contributed by atoms with van der Waals surface area (Å²) in [7, 11) is -3.54. The Kier molecular flexibility index (Phi) is 4.82. The fourth-order valence-electron chi connectivity index (χ4n) is 2.93. The largest absolute Gasteiger partial charge is 0.325 e. The number of nitrogens with zero attached hydrogens (tertiary/aromatic N) is 1. The van der Waals surface area contributed by atoms with Crippen LogP contribution in [0.2, 0.25) is 0 Å². The Morgan fingerprint density at radius 1 is 1.35 bits per heavy atom. The lowest BCUT2D eigenvalue weighted by Crippen LogP contribution is -2.38. The number of nitrogens with two attached hydrogens (primary N) is 1. The number of sulfonamides is 1. The van der Waals surface area contributed by atoms with E-state index >= 15 is 0 Å². The zero-order chi connectivity index (χ0) is 14.8. The van der Waals surface area contributed by atoms with Crippen LogP contribution in [0.3, 0.4) is 0 Å². The predicted molar refractivity (Wildman–Crippen MR) is 77.6 cm³/mol. The van der Waals surface area contributed by atoms with Crippen molar-refractivity contribution in [2.24, 2.45) is 11.7 Å². The number of hydrogen-bond donors (Lipinski definition) is 3. The van der Waals surface area contributed by atoms with Crippen molar-refractivity contribution in [2.45, 2.75) is 63.4 Å². The highest BCUT2D eigenvalue weighted by Crippen LogP contribution is 2.28. The van der Waals surface area contributed by atoms with E-state index in [2.05, 4.69) is 21.8 Å². The third kappa shape index (κ3) is 3.21. The molecule has 0 aliphatic heterocycles. The van der Waals surface area contributed by atoms with Gasteiger partial charge in [-0.15, -0.1) is 0 Å². The first-order chi connectivity index (χ1) is 9.47. The summed E-state index contributed by atoms with van der Waals surface area (Å²) in [5.74, 6) is 0.742. The van der Waals surface area contributed by atoms with E-state index in [0.29, 0.717) is 11.4 Å². The number of aromatic amines is 1. The maximum Gasteiger partial charge on any atom is 0.244 e. The Balaban J connectivity index is 2.10. The van der Waals surface area contributed by atoms with Gasteiger partial charge >= 0.3 is 0 Å². The number of aromatic nitrogens is 2. The fraction of sp³-hybridized carbons (Fsp3) is 0.769. The molecule has 2 rings (SSSR count). The first-order valence-corrected chi connectivity index (χ1v) is 8.72. The van der Waals surface area contributed by atoms with Gasteiger partial charge in [0, 0.05) is 12.6 Å². The molecule has 1 saturated carbocycles. The summed E-state index contributed by atoms with van der Waals surface area (Å²) in [5.41, 5.74) is 6.50. The molecule has 0 aromatic carbocycles. The molecular weight excluding hydrogens is 276 g/mol. The minimum atomic E-state index is -3.54. The molecule has 0 saturated heterocycles. The highest BCUT2D eigenvalue weighted by Gasteiger charge is 2.28. The molecule has 0 spiro atoms. The summed E-state index contributed by atoms with van der Waals surface area (Å²) in [4.78, 5) is 0.220. The number of aryl methyl sites for hydroxylation is 1. The van der Waals surface area contributed by atoms with Crippen molar-refractivity contribution in [1.82, 2.24) is 14.9 Å². The molecule has 1 aliphatic carbocycles. The van der Waals surface area contributed by atoms with Gasteiger partial charge in [-0.05, 0) is 38.5 Å². The SMILES string of the molecule is CCC1CCC(NS(=O)(=O)c2c(CN)n[nH]c2C)CC1. The minimum Gasteiger partial charge on any atom is -0.325 e. The van der Waals surface area contributed by atoms with Crippen molar-refractivity contribution in [3.8, 4) is 0 Å². The quantitative estimate of drug-likeness (QED) is 0.765. The van der Waals surface area contributed by atoms with E-state index in [1.54, 1.807) is 6.92 Å². The number of nitrogens with one attached hydrogen (secondary N) is 2. The van der Waals surface area contributed by atoms with E-state index in [-0.39, 0.29) is 17.5 Å². The molecule has 4 N–H and O–H groups in total. The zero-order valence-corrected chi connectivity index (χ0v) is 13.0. The van der Waals surface area contributed by atoms with E-state index in [4.69, 9.17) is 5.73 Å². The first-order valence-electron chi connectivity index (χ1n) is 7.24. The van der Waals surface area contributed by atoms with Crippen LogP contribution in [0.4, 0.5) is 0 Å². The summed E-state index contributed by atoms with van der Waals surface area (Å²) in [6.45, 7) is 4.01. The Morgan fingerprint density at radius 3 is 2.55 bits per heavy atom. The molecule has 20 heavy (non-hydrogen) atoms. The maximum atomic E-state index is 12.5. The van der Waals surface area contributed by atoms with Crippen LogP contribution < -0.4 is 10.5 Å². The van der Waals surface area contributed by atoms with Crippen molar-refractivity contribution in [1.29, 1.82) is 0 Å². The second-order valence-electron chi connectivity index (χ2n) is 5.58. The molecule has 1 aromatic heterocycles. The monoisotopic (exact) mass is 300 g/mol. The van der Waals surface area contributed by atoms with Crippen molar-refractivity contribution in [2.75, 3.05) is 0 Å². The molecule has 0 atom stereocenters. The van der Waals surface area contributed by atoms with Gasteiger partial charge in [-0.3, -0.25) is 5.10 Å². The second-order valence-corrected chi connectivity index (χ2v) is 7.23. The number of H-pyrrole nitrogens is 1. The summed E-state index contributed by atoms with van der Waals surface area (Å²) in [5, 5.41) is 6.65.